The molecule has 3 rings (SSSR count). The van der Waals surface area contributed by atoms with E-state index in [-0.39, 0.29) is 16.7 Å². The Hall–Kier alpha value is -2.99. The van der Waals surface area contributed by atoms with Crippen LogP contribution in [0.15, 0.2) is 48.5 Å². The van der Waals surface area contributed by atoms with Crippen molar-refractivity contribution in [2.24, 2.45) is 0 Å². The van der Waals surface area contributed by atoms with Gasteiger partial charge in [0.15, 0.2) is 0 Å². The van der Waals surface area contributed by atoms with E-state index in [1.165, 1.54) is 12.1 Å². The smallest absolute Gasteiger partial charge is 0.363 e. The SMILES string of the molecule is COCc1ccc(C(=O)ON2C(=O)c3ccccc3C2=O)cc1. The summed E-state index contributed by atoms with van der Waals surface area (Å²) in [5.41, 5.74) is 1.58. The lowest BCUT2D eigenvalue weighted by Gasteiger charge is -2.12. The molecule has 1 heterocycles. The summed E-state index contributed by atoms with van der Waals surface area (Å²) in [4.78, 5) is 41.3. The van der Waals surface area contributed by atoms with Crippen molar-refractivity contribution in [3.05, 3.63) is 70.8 Å². The third kappa shape index (κ3) is 2.72. The lowest BCUT2D eigenvalue weighted by molar-refractivity contribution is -0.0584. The second kappa shape index (κ2) is 6.02. The number of hydrogen-bond acceptors (Lipinski definition) is 5. The zero-order valence-corrected chi connectivity index (χ0v) is 12.3. The van der Waals surface area contributed by atoms with E-state index in [4.69, 9.17) is 9.57 Å². The van der Waals surface area contributed by atoms with Crippen LogP contribution in [0.1, 0.15) is 36.6 Å². The standard InChI is InChI=1S/C17H13NO5/c1-22-10-11-6-8-12(9-7-11)17(21)23-18-15(19)13-4-2-3-5-14(13)16(18)20/h2-9H,10H2,1H3. The molecule has 2 amide bonds. The number of benzene rings is 2. The summed E-state index contributed by atoms with van der Waals surface area (Å²) in [5.74, 6) is -2.06. The Labute approximate surface area is 132 Å². The molecule has 0 bridgehead atoms. The maximum absolute atomic E-state index is 12.1. The molecule has 0 radical (unpaired) electrons. The molecule has 2 aromatic carbocycles. The van der Waals surface area contributed by atoms with Gasteiger partial charge in [-0.3, -0.25) is 9.59 Å². The summed E-state index contributed by atoms with van der Waals surface area (Å²) in [6.07, 6.45) is 0. The van der Waals surface area contributed by atoms with Crippen molar-refractivity contribution in [2.75, 3.05) is 7.11 Å². The van der Waals surface area contributed by atoms with Crippen LogP contribution in [0.25, 0.3) is 0 Å². The number of imide groups is 1. The van der Waals surface area contributed by atoms with Crippen LogP contribution in [0.4, 0.5) is 0 Å². The molecule has 116 valence electrons. The second-order valence-corrected chi connectivity index (χ2v) is 4.96. The van der Waals surface area contributed by atoms with Gasteiger partial charge in [0, 0.05) is 7.11 Å². The summed E-state index contributed by atoms with van der Waals surface area (Å²) in [7, 11) is 1.57. The first kappa shape index (κ1) is 14.9. The number of hydrogen-bond donors (Lipinski definition) is 0. The minimum absolute atomic E-state index is 0.223. The number of amides is 2. The maximum atomic E-state index is 12.1. The molecule has 6 heteroatoms. The average molecular weight is 311 g/mol. The Bertz CT molecular complexity index is 747. The normalized spacial score (nSPS) is 13.2. The molecule has 1 aliphatic rings. The second-order valence-electron chi connectivity index (χ2n) is 4.96. The average Bonchev–Trinajstić information content (AvgIpc) is 2.81. The molecule has 0 spiro atoms. The van der Waals surface area contributed by atoms with Gasteiger partial charge in [-0.2, -0.15) is 0 Å². The molecule has 0 saturated heterocycles. The molecule has 0 aromatic heterocycles. The molecule has 0 fully saturated rings. The van der Waals surface area contributed by atoms with Crippen LogP contribution < -0.4 is 0 Å². The number of carbonyl (C=O) groups is 3. The van der Waals surface area contributed by atoms with E-state index < -0.39 is 17.8 Å². The monoisotopic (exact) mass is 311 g/mol. The molecule has 1 aliphatic heterocycles. The van der Waals surface area contributed by atoms with Crippen molar-refractivity contribution in [1.29, 1.82) is 0 Å². The third-order valence-electron chi connectivity index (χ3n) is 3.43. The van der Waals surface area contributed by atoms with Gasteiger partial charge in [-0.25, -0.2) is 4.79 Å². The van der Waals surface area contributed by atoms with Crippen LogP contribution in [-0.4, -0.2) is 30.0 Å². The fourth-order valence-electron chi connectivity index (χ4n) is 2.29. The first-order valence-electron chi connectivity index (χ1n) is 6.90. The predicted octanol–water partition coefficient (Wildman–Crippen LogP) is 2.20. The van der Waals surface area contributed by atoms with Gasteiger partial charge in [-0.05, 0) is 29.8 Å². The van der Waals surface area contributed by atoms with Gasteiger partial charge < -0.3 is 9.57 Å². The first-order chi connectivity index (χ1) is 11.1. The number of hydroxylamine groups is 2. The molecule has 0 aliphatic carbocycles. The highest BCUT2D eigenvalue weighted by atomic mass is 16.7. The third-order valence-corrected chi connectivity index (χ3v) is 3.43. The van der Waals surface area contributed by atoms with Crippen molar-refractivity contribution in [3.8, 4) is 0 Å². The predicted molar refractivity (Wildman–Crippen MR) is 79.5 cm³/mol. The van der Waals surface area contributed by atoms with Crippen molar-refractivity contribution >= 4 is 17.8 Å². The molecule has 0 unspecified atom stereocenters. The fraction of sp³-hybridized carbons (Fsp3) is 0.118. The number of nitrogens with zero attached hydrogens (tertiary/aromatic N) is 1. The van der Waals surface area contributed by atoms with E-state index >= 15 is 0 Å². The zero-order valence-electron chi connectivity index (χ0n) is 12.3. The van der Waals surface area contributed by atoms with Gasteiger partial charge in [0.05, 0.1) is 23.3 Å². The van der Waals surface area contributed by atoms with E-state index in [0.29, 0.717) is 11.7 Å². The van der Waals surface area contributed by atoms with Crippen molar-refractivity contribution in [1.82, 2.24) is 5.06 Å². The van der Waals surface area contributed by atoms with Crippen LogP contribution in [-0.2, 0) is 16.2 Å². The van der Waals surface area contributed by atoms with Gasteiger partial charge in [-0.15, -0.1) is 0 Å². The van der Waals surface area contributed by atoms with E-state index in [9.17, 15) is 14.4 Å². The van der Waals surface area contributed by atoms with Crippen LogP contribution in [0.5, 0.6) is 0 Å². The van der Waals surface area contributed by atoms with Crippen LogP contribution in [0.3, 0.4) is 0 Å². The highest BCUT2D eigenvalue weighted by Gasteiger charge is 2.38. The summed E-state index contributed by atoms with van der Waals surface area (Å²) in [6, 6.07) is 12.8. The van der Waals surface area contributed by atoms with E-state index in [1.807, 2.05) is 0 Å². The Morgan fingerprint density at radius 1 is 0.957 bits per heavy atom. The number of methoxy groups -OCH3 is 1. The molecular formula is C17H13NO5. The van der Waals surface area contributed by atoms with E-state index in [1.54, 1.807) is 43.5 Å². The quantitative estimate of drug-likeness (QED) is 0.809. The molecular weight excluding hydrogens is 298 g/mol. The fourth-order valence-corrected chi connectivity index (χ4v) is 2.29. The molecule has 23 heavy (non-hydrogen) atoms. The molecule has 2 aromatic rings. The van der Waals surface area contributed by atoms with E-state index in [2.05, 4.69) is 0 Å². The van der Waals surface area contributed by atoms with Crippen molar-refractivity contribution < 1.29 is 24.0 Å². The Morgan fingerprint density at radius 3 is 2.04 bits per heavy atom. The highest BCUT2D eigenvalue weighted by Crippen LogP contribution is 2.23. The van der Waals surface area contributed by atoms with E-state index in [0.717, 1.165) is 5.56 Å². The summed E-state index contributed by atoms with van der Waals surface area (Å²) in [6.45, 7) is 0.424. The molecule has 0 atom stereocenters. The topological polar surface area (TPSA) is 72.9 Å². The number of carbonyl (C=O) groups excluding carboxylic acids is 3. The number of ether oxygens (including phenoxy) is 1. The Balaban J connectivity index is 1.76. The Morgan fingerprint density at radius 2 is 1.52 bits per heavy atom. The first-order valence-corrected chi connectivity index (χ1v) is 6.90. The summed E-state index contributed by atoms with van der Waals surface area (Å²) >= 11 is 0. The lowest BCUT2D eigenvalue weighted by atomic mass is 10.1. The van der Waals surface area contributed by atoms with Crippen molar-refractivity contribution in [3.63, 3.8) is 0 Å². The lowest BCUT2D eigenvalue weighted by Crippen LogP contribution is -2.32. The van der Waals surface area contributed by atoms with Crippen LogP contribution >= 0.6 is 0 Å². The van der Waals surface area contributed by atoms with Crippen LogP contribution in [0.2, 0.25) is 0 Å². The van der Waals surface area contributed by atoms with Gasteiger partial charge in [0.1, 0.15) is 0 Å². The van der Waals surface area contributed by atoms with Gasteiger partial charge >= 0.3 is 5.97 Å². The van der Waals surface area contributed by atoms with Crippen molar-refractivity contribution in [2.45, 2.75) is 6.61 Å². The summed E-state index contributed by atoms with van der Waals surface area (Å²) < 4.78 is 4.99. The minimum Gasteiger partial charge on any atom is -0.380 e. The molecule has 0 saturated carbocycles. The maximum Gasteiger partial charge on any atom is 0.363 e. The van der Waals surface area contributed by atoms with Gasteiger partial charge in [0.25, 0.3) is 11.8 Å². The van der Waals surface area contributed by atoms with Crippen LogP contribution in [0, 0.1) is 0 Å². The zero-order chi connectivity index (χ0) is 16.4. The molecule has 6 nitrogen and oxygen atoms in total. The van der Waals surface area contributed by atoms with Gasteiger partial charge in [0.2, 0.25) is 0 Å². The Kier molecular flexibility index (Phi) is 3.91. The summed E-state index contributed by atoms with van der Waals surface area (Å²) in [5, 5.41) is 0.496. The number of rotatable bonds is 4. The van der Waals surface area contributed by atoms with Gasteiger partial charge in [-0.1, -0.05) is 29.3 Å². The highest BCUT2D eigenvalue weighted by molar-refractivity contribution is 6.21. The molecule has 0 N–H and O–H groups in total. The number of fused-ring (bicyclic) bond motifs is 1. The minimum atomic E-state index is -0.775. The largest absolute Gasteiger partial charge is 0.380 e.